The maximum Gasteiger partial charge on any atom is 0.383 e. The second-order valence-electron chi connectivity index (χ2n) is 5.48. The number of rotatable bonds is 3. The van der Waals surface area contributed by atoms with Gasteiger partial charge < -0.3 is 9.40 Å². The minimum absolute atomic E-state index is 0.0541. The zero-order valence-electron chi connectivity index (χ0n) is 13.1. The van der Waals surface area contributed by atoms with Crippen molar-refractivity contribution in [3.05, 3.63) is 82.9 Å². The van der Waals surface area contributed by atoms with Crippen molar-refractivity contribution in [2.75, 3.05) is 0 Å². The molecule has 1 aromatic heterocycles. The first kappa shape index (κ1) is 16.0. The van der Waals surface area contributed by atoms with Gasteiger partial charge in [0.15, 0.2) is 5.69 Å². The van der Waals surface area contributed by atoms with E-state index >= 15 is 0 Å². The molecule has 1 aliphatic heterocycles. The largest absolute Gasteiger partial charge is 0.383 e. The van der Waals surface area contributed by atoms with Crippen LogP contribution in [0.2, 0.25) is 5.02 Å². The van der Waals surface area contributed by atoms with Gasteiger partial charge in [-0.2, -0.15) is 0 Å². The fourth-order valence-electron chi connectivity index (χ4n) is 2.59. The lowest BCUT2D eigenvalue weighted by Crippen LogP contribution is -2.32. The molecule has 0 unspecified atom stereocenters. The van der Waals surface area contributed by atoms with Gasteiger partial charge in [-0.05, 0) is 30.3 Å². The molecule has 2 heterocycles. The summed E-state index contributed by atoms with van der Waals surface area (Å²) in [6.07, 6.45) is 2.83. The van der Waals surface area contributed by atoms with Crippen LogP contribution in [0, 0.1) is 0 Å². The van der Waals surface area contributed by atoms with Crippen molar-refractivity contribution in [1.82, 2.24) is 14.6 Å². The van der Waals surface area contributed by atoms with Crippen LogP contribution < -0.4 is 0 Å². The highest BCUT2D eigenvalue weighted by Gasteiger charge is 2.39. The van der Waals surface area contributed by atoms with Crippen LogP contribution in [0.15, 0.2) is 61.1 Å². The Kier molecular flexibility index (Phi) is 3.78. The minimum atomic E-state index is -0.916. The lowest BCUT2D eigenvalue weighted by atomic mass is 10.1. The molecule has 0 aliphatic carbocycles. The van der Waals surface area contributed by atoms with Crippen molar-refractivity contribution in [1.29, 1.82) is 0 Å². The maximum absolute atomic E-state index is 12.3. The Morgan fingerprint density at radius 1 is 1.00 bits per heavy atom. The second kappa shape index (κ2) is 6.12. The fraction of sp³-hybridized carbons (Fsp3) is 0. The lowest BCUT2D eigenvalue weighted by Gasteiger charge is -2.11. The van der Waals surface area contributed by atoms with E-state index in [1.54, 1.807) is 41.0 Å². The van der Waals surface area contributed by atoms with E-state index in [-0.39, 0.29) is 16.8 Å². The van der Waals surface area contributed by atoms with Crippen molar-refractivity contribution in [3.8, 4) is 5.69 Å². The smallest absolute Gasteiger partial charge is 0.322 e. The molecule has 3 aromatic rings. The molecule has 0 spiro atoms. The number of nitrogens with zero attached hydrogens (tertiary/aromatic N) is 3. The number of hydrogen-bond acceptors (Lipinski definition) is 5. The van der Waals surface area contributed by atoms with E-state index in [1.807, 2.05) is 0 Å². The van der Waals surface area contributed by atoms with Crippen LogP contribution in [-0.4, -0.2) is 32.4 Å². The van der Waals surface area contributed by atoms with Gasteiger partial charge in [-0.15, -0.1) is 0 Å². The van der Waals surface area contributed by atoms with Crippen molar-refractivity contribution in [2.24, 2.45) is 0 Å². The maximum atomic E-state index is 12.3. The lowest BCUT2D eigenvalue weighted by molar-refractivity contribution is -0.0588. The van der Waals surface area contributed by atoms with Gasteiger partial charge in [-0.1, -0.05) is 34.9 Å². The molecule has 0 N–H and O–H groups in total. The van der Waals surface area contributed by atoms with E-state index in [1.165, 1.54) is 24.7 Å². The molecule has 1 aliphatic rings. The van der Waals surface area contributed by atoms with Crippen LogP contribution >= 0.6 is 11.6 Å². The molecule has 26 heavy (non-hydrogen) atoms. The number of hydrogen-bond donors (Lipinski definition) is 0. The van der Waals surface area contributed by atoms with E-state index in [9.17, 15) is 14.4 Å². The third-order valence-corrected chi connectivity index (χ3v) is 4.06. The average Bonchev–Trinajstić information content (AvgIpc) is 3.22. The molecule has 0 fully saturated rings. The summed E-state index contributed by atoms with van der Waals surface area (Å²) in [5.41, 5.74) is 1.02. The van der Waals surface area contributed by atoms with Crippen LogP contribution in [0.4, 0.5) is 0 Å². The van der Waals surface area contributed by atoms with Crippen LogP contribution in [0.5, 0.6) is 0 Å². The first-order valence-electron chi connectivity index (χ1n) is 7.54. The van der Waals surface area contributed by atoms with E-state index in [0.29, 0.717) is 15.8 Å². The van der Waals surface area contributed by atoms with Gasteiger partial charge in [0, 0.05) is 16.9 Å². The molecule has 128 valence electrons. The Morgan fingerprint density at radius 3 is 2.35 bits per heavy atom. The molecule has 0 radical (unpaired) electrons. The van der Waals surface area contributed by atoms with E-state index in [4.69, 9.17) is 16.4 Å². The first-order valence-corrected chi connectivity index (χ1v) is 7.92. The molecule has 4 rings (SSSR count). The number of carbonyl (C=O) groups is 3. The molecule has 2 amide bonds. The molecule has 2 aromatic carbocycles. The number of aromatic nitrogens is 2. The van der Waals surface area contributed by atoms with Gasteiger partial charge in [0.25, 0.3) is 11.8 Å². The predicted octanol–water partition coefficient (Wildman–Crippen LogP) is 2.89. The standard InChI is InChI=1S/C18H10ClN3O4/c19-11-4-3-5-12(8-11)21-9-15(20-10-21)18(25)26-22-16(23)13-6-1-2-7-14(13)17(22)24/h1-10H. The summed E-state index contributed by atoms with van der Waals surface area (Å²) in [6, 6.07) is 13.2. The average molecular weight is 368 g/mol. The summed E-state index contributed by atoms with van der Waals surface area (Å²) in [4.78, 5) is 45.7. The predicted molar refractivity (Wildman–Crippen MR) is 90.9 cm³/mol. The minimum Gasteiger partial charge on any atom is -0.322 e. The molecule has 0 bridgehead atoms. The Labute approximate surface area is 152 Å². The molecular weight excluding hydrogens is 358 g/mol. The van der Waals surface area contributed by atoms with Crippen LogP contribution in [0.1, 0.15) is 31.2 Å². The summed E-state index contributed by atoms with van der Waals surface area (Å²) in [7, 11) is 0. The first-order chi connectivity index (χ1) is 12.5. The number of halogens is 1. The number of amides is 2. The van der Waals surface area contributed by atoms with Crippen molar-refractivity contribution >= 4 is 29.4 Å². The van der Waals surface area contributed by atoms with Crippen molar-refractivity contribution in [2.45, 2.75) is 0 Å². The highest BCUT2D eigenvalue weighted by atomic mass is 35.5. The topological polar surface area (TPSA) is 81.5 Å². The number of imide groups is 1. The molecular formula is C18H10ClN3O4. The molecule has 0 atom stereocenters. The summed E-state index contributed by atoms with van der Waals surface area (Å²) in [5.74, 6) is -2.29. The van der Waals surface area contributed by atoms with Gasteiger partial charge in [0.05, 0.1) is 11.1 Å². The van der Waals surface area contributed by atoms with E-state index in [0.717, 1.165) is 0 Å². The van der Waals surface area contributed by atoms with Crippen LogP contribution in [0.25, 0.3) is 5.69 Å². The van der Waals surface area contributed by atoms with Crippen LogP contribution in [-0.2, 0) is 4.84 Å². The third-order valence-electron chi connectivity index (χ3n) is 3.83. The van der Waals surface area contributed by atoms with E-state index in [2.05, 4.69) is 4.98 Å². The summed E-state index contributed by atoms with van der Waals surface area (Å²) in [5, 5.41) is 0.983. The Morgan fingerprint density at radius 2 is 1.69 bits per heavy atom. The van der Waals surface area contributed by atoms with Crippen molar-refractivity contribution < 1.29 is 19.2 Å². The highest BCUT2D eigenvalue weighted by molar-refractivity contribution is 6.30. The number of imidazole rings is 1. The van der Waals surface area contributed by atoms with Gasteiger partial charge in [0.2, 0.25) is 0 Å². The number of benzene rings is 2. The van der Waals surface area contributed by atoms with Gasteiger partial charge >= 0.3 is 5.97 Å². The molecule has 8 heteroatoms. The zero-order valence-corrected chi connectivity index (χ0v) is 13.9. The quantitative estimate of drug-likeness (QED) is 0.665. The summed E-state index contributed by atoms with van der Waals surface area (Å²) < 4.78 is 1.57. The monoisotopic (exact) mass is 367 g/mol. The summed E-state index contributed by atoms with van der Waals surface area (Å²) in [6.45, 7) is 0. The Hall–Kier alpha value is -3.45. The van der Waals surface area contributed by atoms with Crippen LogP contribution in [0.3, 0.4) is 0 Å². The number of hydroxylamine groups is 2. The molecule has 0 saturated carbocycles. The van der Waals surface area contributed by atoms with Gasteiger partial charge in [-0.3, -0.25) is 9.59 Å². The second-order valence-corrected chi connectivity index (χ2v) is 5.91. The molecule has 0 saturated heterocycles. The van der Waals surface area contributed by atoms with E-state index < -0.39 is 17.8 Å². The Balaban J connectivity index is 1.55. The number of fused-ring (bicyclic) bond motifs is 1. The number of carbonyl (C=O) groups excluding carboxylic acids is 3. The normalized spacial score (nSPS) is 13.0. The highest BCUT2D eigenvalue weighted by Crippen LogP contribution is 2.23. The molecule has 7 nitrogen and oxygen atoms in total. The summed E-state index contributed by atoms with van der Waals surface area (Å²) >= 11 is 5.95. The van der Waals surface area contributed by atoms with Gasteiger partial charge in [0.1, 0.15) is 6.33 Å². The SMILES string of the molecule is O=C(ON1C(=O)c2ccccc2C1=O)c1cn(-c2cccc(Cl)c2)cn1. The fourth-order valence-corrected chi connectivity index (χ4v) is 2.77. The third kappa shape index (κ3) is 2.64. The Bertz CT molecular complexity index is 1020. The van der Waals surface area contributed by atoms with Gasteiger partial charge in [-0.25, -0.2) is 9.78 Å². The zero-order chi connectivity index (χ0) is 18.3. The van der Waals surface area contributed by atoms with Crippen molar-refractivity contribution in [3.63, 3.8) is 0 Å².